The van der Waals surface area contributed by atoms with Crippen molar-refractivity contribution in [2.75, 3.05) is 6.61 Å². The van der Waals surface area contributed by atoms with Crippen molar-refractivity contribution in [2.24, 2.45) is 5.10 Å². The summed E-state index contributed by atoms with van der Waals surface area (Å²) in [6.07, 6.45) is 1.57. The Morgan fingerprint density at radius 1 is 1.29 bits per heavy atom. The van der Waals surface area contributed by atoms with Crippen molar-refractivity contribution >= 4 is 23.7 Å². The zero-order valence-electron chi connectivity index (χ0n) is 11.5. The lowest BCUT2D eigenvalue weighted by Crippen LogP contribution is -2.24. The van der Waals surface area contributed by atoms with Crippen LogP contribution < -0.4 is 10.2 Å². The summed E-state index contributed by atoms with van der Waals surface area (Å²) >= 11 is 5.85. The Balaban J connectivity index is 1.81. The Hall–Kier alpha value is -2.33. The van der Waals surface area contributed by atoms with Gasteiger partial charge in [0, 0.05) is 5.02 Å². The molecule has 0 heterocycles. The van der Waals surface area contributed by atoms with Crippen LogP contribution in [0.25, 0.3) is 0 Å². The molecule has 0 aliphatic carbocycles. The van der Waals surface area contributed by atoms with Gasteiger partial charge in [-0.15, -0.1) is 0 Å². The van der Waals surface area contributed by atoms with Crippen molar-refractivity contribution < 1.29 is 9.53 Å². The summed E-state index contributed by atoms with van der Waals surface area (Å²) < 4.78 is 5.41. The number of carbonyl (C=O) groups is 1. The van der Waals surface area contributed by atoms with Crippen LogP contribution in [-0.4, -0.2) is 18.7 Å². The van der Waals surface area contributed by atoms with Gasteiger partial charge in [-0.3, -0.25) is 4.79 Å². The summed E-state index contributed by atoms with van der Waals surface area (Å²) in [7, 11) is 0. The average molecular weight is 303 g/mol. The van der Waals surface area contributed by atoms with E-state index in [0.29, 0.717) is 10.8 Å². The topological polar surface area (TPSA) is 50.7 Å². The summed E-state index contributed by atoms with van der Waals surface area (Å²) in [6, 6.07) is 14.7. The average Bonchev–Trinajstić information content (AvgIpc) is 2.47. The molecule has 0 aliphatic heterocycles. The maximum atomic E-state index is 11.6. The smallest absolute Gasteiger partial charge is 0.277 e. The molecule has 1 N–H and O–H groups in total. The maximum Gasteiger partial charge on any atom is 0.277 e. The highest BCUT2D eigenvalue weighted by Crippen LogP contribution is 2.21. The van der Waals surface area contributed by atoms with E-state index < -0.39 is 0 Å². The molecular formula is C16H15ClN2O2. The van der Waals surface area contributed by atoms with E-state index in [1.807, 2.05) is 37.3 Å². The van der Waals surface area contributed by atoms with Crippen LogP contribution in [0, 0.1) is 6.92 Å². The number of aryl methyl sites for hydroxylation is 1. The fourth-order valence-electron chi connectivity index (χ4n) is 1.67. The fourth-order valence-corrected chi connectivity index (χ4v) is 1.89. The molecule has 2 rings (SSSR count). The third-order valence-corrected chi connectivity index (χ3v) is 2.93. The van der Waals surface area contributed by atoms with Gasteiger partial charge < -0.3 is 4.74 Å². The molecule has 2 aromatic carbocycles. The highest BCUT2D eigenvalue weighted by Gasteiger charge is 2.04. The van der Waals surface area contributed by atoms with Gasteiger partial charge in [-0.05, 0) is 36.2 Å². The summed E-state index contributed by atoms with van der Waals surface area (Å²) in [6.45, 7) is 1.77. The van der Waals surface area contributed by atoms with Crippen LogP contribution in [0.15, 0.2) is 53.6 Å². The van der Waals surface area contributed by atoms with Crippen LogP contribution in [0.3, 0.4) is 0 Å². The number of carbonyl (C=O) groups excluding carboxylic acids is 1. The molecular weight excluding hydrogens is 288 g/mol. The van der Waals surface area contributed by atoms with Crippen molar-refractivity contribution in [2.45, 2.75) is 6.92 Å². The Labute approximate surface area is 128 Å². The lowest BCUT2D eigenvalue weighted by molar-refractivity contribution is -0.123. The molecule has 0 aromatic heterocycles. The Morgan fingerprint density at radius 2 is 2.05 bits per heavy atom. The first-order chi connectivity index (χ1) is 10.1. The van der Waals surface area contributed by atoms with Gasteiger partial charge in [0.05, 0.1) is 6.21 Å². The van der Waals surface area contributed by atoms with E-state index in [9.17, 15) is 4.79 Å². The fraction of sp³-hybridized carbons (Fsp3) is 0.125. The summed E-state index contributed by atoms with van der Waals surface area (Å²) in [4.78, 5) is 11.6. The van der Waals surface area contributed by atoms with Crippen LogP contribution in [0.1, 0.15) is 11.1 Å². The first-order valence-corrected chi connectivity index (χ1v) is 6.79. The first kappa shape index (κ1) is 15.1. The SMILES string of the molecule is Cc1cc(Cl)ccc1OCC(=O)NN=Cc1ccccc1. The third-order valence-electron chi connectivity index (χ3n) is 2.70. The second-order valence-corrected chi connectivity index (χ2v) is 4.84. The number of nitrogens with zero attached hydrogens (tertiary/aromatic N) is 1. The summed E-state index contributed by atoms with van der Waals surface area (Å²) in [5, 5.41) is 4.50. The molecule has 0 spiro atoms. The summed E-state index contributed by atoms with van der Waals surface area (Å²) in [5.74, 6) is 0.304. The van der Waals surface area contributed by atoms with Crippen LogP contribution in [-0.2, 0) is 4.79 Å². The minimum Gasteiger partial charge on any atom is -0.483 e. The largest absolute Gasteiger partial charge is 0.483 e. The number of hydrazone groups is 1. The molecule has 0 atom stereocenters. The molecule has 0 aliphatic rings. The minimum atomic E-state index is -0.323. The molecule has 4 nitrogen and oxygen atoms in total. The van der Waals surface area contributed by atoms with Crippen LogP contribution in [0.2, 0.25) is 5.02 Å². The van der Waals surface area contributed by atoms with Crippen molar-refractivity contribution in [1.29, 1.82) is 0 Å². The van der Waals surface area contributed by atoms with E-state index >= 15 is 0 Å². The zero-order chi connectivity index (χ0) is 15.1. The van der Waals surface area contributed by atoms with Gasteiger partial charge in [0.25, 0.3) is 5.91 Å². The molecule has 0 bridgehead atoms. The molecule has 0 radical (unpaired) electrons. The number of hydrogen-bond donors (Lipinski definition) is 1. The Bertz CT molecular complexity index is 642. The van der Waals surface area contributed by atoms with E-state index in [1.54, 1.807) is 24.4 Å². The van der Waals surface area contributed by atoms with Gasteiger partial charge in [-0.25, -0.2) is 5.43 Å². The minimum absolute atomic E-state index is 0.103. The van der Waals surface area contributed by atoms with Gasteiger partial charge in [0.2, 0.25) is 0 Å². The number of halogens is 1. The Morgan fingerprint density at radius 3 is 2.76 bits per heavy atom. The molecule has 2 aromatic rings. The second-order valence-electron chi connectivity index (χ2n) is 4.40. The normalized spacial score (nSPS) is 10.6. The number of rotatable bonds is 5. The maximum absolute atomic E-state index is 11.6. The van der Waals surface area contributed by atoms with Crippen LogP contribution >= 0.6 is 11.6 Å². The lowest BCUT2D eigenvalue weighted by Gasteiger charge is -2.08. The third kappa shape index (κ3) is 4.93. The lowest BCUT2D eigenvalue weighted by atomic mass is 10.2. The molecule has 1 amide bonds. The molecule has 21 heavy (non-hydrogen) atoms. The number of amides is 1. The van der Waals surface area contributed by atoms with E-state index in [4.69, 9.17) is 16.3 Å². The van der Waals surface area contributed by atoms with Gasteiger partial charge in [0.15, 0.2) is 6.61 Å². The Kier molecular flexibility index (Phi) is 5.35. The predicted octanol–water partition coefficient (Wildman–Crippen LogP) is 3.18. The highest BCUT2D eigenvalue weighted by molar-refractivity contribution is 6.30. The van der Waals surface area contributed by atoms with Crippen molar-refractivity contribution in [3.8, 4) is 5.75 Å². The van der Waals surface area contributed by atoms with Gasteiger partial charge in [0.1, 0.15) is 5.75 Å². The quantitative estimate of drug-likeness (QED) is 0.681. The summed E-state index contributed by atoms with van der Waals surface area (Å²) in [5.41, 5.74) is 4.20. The zero-order valence-corrected chi connectivity index (χ0v) is 12.3. The van der Waals surface area contributed by atoms with Gasteiger partial charge in [-0.2, -0.15) is 5.10 Å². The van der Waals surface area contributed by atoms with Crippen LogP contribution in [0.5, 0.6) is 5.75 Å². The van der Waals surface area contributed by atoms with Crippen LogP contribution in [0.4, 0.5) is 0 Å². The van der Waals surface area contributed by atoms with Gasteiger partial charge in [-0.1, -0.05) is 41.9 Å². The molecule has 0 saturated carbocycles. The standard InChI is InChI=1S/C16H15ClN2O2/c1-12-9-14(17)7-8-15(12)21-11-16(20)19-18-10-13-5-3-2-4-6-13/h2-10H,11H2,1H3,(H,19,20). The predicted molar refractivity (Wildman–Crippen MR) is 83.9 cm³/mol. The molecule has 5 heteroatoms. The molecule has 0 fully saturated rings. The molecule has 0 unspecified atom stereocenters. The van der Waals surface area contributed by atoms with E-state index in [0.717, 1.165) is 11.1 Å². The number of benzene rings is 2. The van der Waals surface area contributed by atoms with E-state index in [2.05, 4.69) is 10.5 Å². The monoisotopic (exact) mass is 302 g/mol. The number of nitrogens with one attached hydrogen (secondary N) is 1. The molecule has 108 valence electrons. The van der Waals surface area contributed by atoms with Crippen molar-refractivity contribution in [3.05, 3.63) is 64.7 Å². The van der Waals surface area contributed by atoms with E-state index in [1.165, 1.54) is 0 Å². The number of ether oxygens (including phenoxy) is 1. The number of hydrogen-bond acceptors (Lipinski definition) is 3. The first-order valence-electron chi connectivity index (χ1n) is 6.41. The van der Waals surface area contributed by atoms with Crippen molar-refractivity contribution in [1.82, 2.24) is 5.43 Å². The van der Waals surface area contributed by atoms with E-state index in [-0.39, 0.29) is 12.5 Å². The highest BCUT2D eigenvalue weighted by atomic mass is 35.5. The van der Waals surface area contributed by atoms with Gasteiger partial charge >= 0.3 is 0 Å². The van der Waals surface area contributed by atoms with Crippen molar-refractivity contribution in [3.63, 3.8) is 0 Å². The second kappa shape index (κ2) is 7.45. The molecule has 0 saturated heterocycles.